The number of hydrogen-bond acceptors (Lipinski definition) is 9. The number of hydrogen-bond donors (Lipinski definition) is 3. The van der Waals surface area contributed by atoms with E-state index in [4.69, 9.17) is 16.2 Å². The second-order valence-corrected chi connectivity index (χ2v) is 9.51. The van der Waals surface area contributed by atoms with Crippen molar-refractivity contribution in [3.63, 3.8) is 0 Å². The number of methoxy groups -OCH3 is 1. The van der Waals surface area contributed by atoms with Crippen LogP contribution < -0.4 is 21.1 Å². The van der Waals surface area contributed by atoms with E-state index in [9.17, 15) is 22.7 Å². The average Bonchev–Trinajstić information content (AvgIpc) is 3.32. The second kappa shape index (κ2) is 10.3. The van der Waals surface area contributed by atoms with Crippen molar-refractivity contribution in [1.29, 1.82) is 0 Å². The highest BCUT2D eigenvalue weighted by Crippen LogP contribution is 2.34. The summed E-state index contributed by atoms with van der Waals surface area (Å²) >= 11 is 0. The SMILES string of the molecule is COc1c(F)cc(-c2cc(Cn3cnc4c(N)ncnc43)c(N3CCCC(N)(C(O)C(F)F)C3)cn2)cc1F. The molecule has 3 aromatic heterocycles. The molecule has 2 atom stereocenters. The number of anilines is 2. The molecule has 1 fully saturated rings. The minimum Gasteiger partial charge on any atom is -0.491 e. The fourth-order valence-electron chi connectivity index (χ4n) is 4.97. The van der Waals surface area contributed by atoms with Crippen molar-refractivity contribution in [2.75, 3.05) is 30.8 Å². The van der Waals surface area contributed by atoms with Crippen LogP contribution in [0.4, 0.5) is 29.1 Å². The molecule has 0 spiro atoms. The van der Waals surface area contributed by atoms with Crippen LogP contribution in [0.15, 0.2) is 37.1 Å². The van der Waals surface area contributed by atoms with Crippen LogP contribution in [0.5, 0.6) is 5.75 Å². The number of alkyl halides is 2. The average molecular weight is 547 g/mol. The lowest BCUT2D eigenvalue weighted by Crippen LogP contribution is -2.63. The Bertz CT molecular complexity index is 1490. The molecule has 1 saturated heterocycles. The van der Waals surface area contributed by atoms with E-state index in [1.165, 1.54) is 26.0 Å². The zero-order valence-corrected chi connectivity index (χ0v) is 20.9. The van der Waals surface area contributed by atoms with E-state index in [2.05, 4.69) is 19.9 Å². The number of halogens is 4. The van der Waals surface area contributed by atoms with E-state index in [1.807, 2.05) is 0 Å². The molecule has 5 rings (SSSR count). The van der Waals surface area contributed by atoms with Crippen LogP contribution in [0.1, 0.15) is 18.4 Å². The second-order valence-electron chi connectivity index (χ2n) is 9.51. The molecular formula is C25H26F4N8O2. The van der Waals surface area contributed by atoms with E-state index >= 15 is 0 Å². The number of nitrogens with zero attached hydrogens (tertiary/aromatic N) is 6. The topological polar surface area (TPSA) is 141 Å². The summed E-state index contributed by atoms with van der Waals surface area (Å²) in [5.41, 5.74) is 13.1. The molecule has 4 heterocycles. The largest absolute Gasteiger partial charge is 0.491 e. The maximum Gasteiger partial charge on any atom is 0.265 e. The van der Waals surface area contributed by atoms with Crippen LogP contribution in [0.3, 0.4) is 0 Å². The number of aromatic nitrogens is 5. The first kappa shape index (κ1) is 26.6. The van der Waals surface area contributed by atoms with Crippen molar-refractivity contribution >= 4 is 22.7 Å². The molecule has 0 radical (unpaired) electrons. The number of imidazole rings is 1. The molecule has 10 nitrogen and oxygen atoms in total. The highest BCUT2D eigenvalue weighted by Gasteiger charge is 2.43. The number of ether oxygens (including phenoxy) is 1. The van der Waals surface area contributed by atoms with Gasteiger partial charge in [0.2, 0.25) is 0 Å². The molecule has 2 unspecified atom stereocenters. The summed E-state index contributed by atoms with van der Waals surface area (Å²) in [6.07, 6.45) is -0.0342. The number of nitrogen functional groups attached to an aromatic ring is 1. The quantitative estimate of drug-likeness (QED) is 0.298. The number of aliphatic hydroxyl groups is 1. The molecule has 5 N–H and O–H groups in total. The molecule has 1 aliphatic heterocycles. The van der Waals surface area contributed by atoms with Gasteiger partial charge in [-0.1, -0.05) is 0 Å². The summed E-state index contributed by atoms with van der Waals surface area (Å²) in [6, 6.07) is 3.86. The third-order valence-corrected chi connectivity index (χ3v) is 6.96. The monoisotopic (exact) mass is 546 g/mol. The van der Waals surface area contributed by atoms with Gasteiger partial charge in [0, 0.05) is 18.7 Å². The Balaban J connectivity index is 1.59. The predicted molar refractivity (Wildman–Crippen MR) is 135 cm³/mol. The van der Waals surface area contributed by atoms with Gasteiger partial charge < -0.3 is 30.8 Å². The lowest BCUT2D eigenvalue weighted by atomic mass is 9.84. The van der Waals surface area contributed by atoms with Crippen LogP contribution in [-0.2, 0) is 6.54 Å². The number of nitrogens with two attached hydrogens (primary N) is 2. The number of fused-ring (bicyclic) bond motifs is 1. The Morgan fingerprint density at radius 3 is 2.56 bits per heavy atom. The molecule has 206 valence electrons. The van der Waals surface area contributed by atoms with Crippen LogP contribution in [0.2, 0.25) is 0 Å². The van der Waals surface area contributed by atoms with Gasteiger partial charge in [0.1, 0.15) is 17.9 Å². The third-order valence-electron chi connectivity index (χ3n) is 6.96. The minimum absolute atomic E-state index is 0.0574. The summed E-state index contributed by atoms with van der Waals surface area (Å²) < 4.78 is 62.2. The Labute approximate surface area is 220 Å². The Hall–Kier alpha value is -4.04. The predicted octanol–water partition coefficient (Wildman–Crippen LogP) is 2.73. The van der Waals surface area contributed by atoms with Gasteiger partial charge in [-0.05, 0) is 36.6 Å². The smallest absolute Gasteiger partial charge is 0.265 e. The van der Waals surface area contributed by atoms with Gasteiger partial charge >= 0.3 is 0 Å². The summed E-state index contributed by atoms with van der Waals surface area (Å²) in [6.45, 7) is 0.580. The van der Waals surface area contributed by atoms with Gasteiger partial charge in [-0.2, -0.15) is 0 Å². The highest BCUT2D eigenvalue weighted by atomic mass is 19.3. The summed E-state index contributed by atoms with van der Waals surface area (Å²) in [4.78, 5) is 18.7. The van der Waals surface area contributed by atoms with Crippen LogP contribution in [-0.4, -0.2) is 67.9 Å². The molecule has 0 aliphatic carbocycles. The molecule has 1 aromatic carbocycles. The van der Waals surface area contributed by atoms with Gasteiger partial charge in [0.05, 0.1) is 43.1 Å². The van der Waals surface area contributed by atoms with Gasteiger partial charge in [0.25, 0.3) is 6.43 Å². The maximum absolute atomic E-state index is 14.5. The zero-order chi connectivity index (χ0) is 27.9. The van der Waals surface area contributed by atoms with Crippen molar-refractivity contribution in [1.82, 2.24) is 24.5 Å². The molecule has 39 heavy (non-hydrogen) atoms. The van der Waals surface area contributed by atoms with Gasteiger partial charge in [-0.3, -0.25) is 4.98 Å². The lowest BCUT2D eigenvalue weighted by Gasteiger charge is -2.44. The number of pyridine rings is 1. The normalized spacial score (nSPS) is 18.6. The Morgan fingerprint density at radius 2 is 1.87 bits per heavy atom. The molecule has 0 bridgehead atoms. The molecule has 14 heteroatoms. The van der Waals surface area contributed by atoms with Crippen molar-refractivity contribution < 1.29 is 27.4 Å². The number of piperidine rings is 1. The van der Waals surface area contributed by atoms with E-state index in [0.29, 0.717) is 35.4 Å². The van der Waals surface area contributed by atoms with Gasteiger partial charge in [-0.25, -0.2) is 32.5 Å². The number of rotatable bonds is 7. The zero-order valence-electron chi connectivity index (χ0n) is 20.9. The Morgan fingerprint density at radius 1 is 1.13 bits per heavy atom. The standard InChI is InChI=1S/C25H26F4N8O2/c1-39-20-15(26)5-13(6-16(20)27)17-7-14(9-37-12-35-19-23(30)33-11-34-24(19)37)18(8-32-17)36-4-2-3-25(31,10-36)21(38)22(28)29/h5-8,11-12,21-22,38H,2-4,9-10,31H2,1H3,(H2,30,33,34). The van der Waals surface area contributed by atoms with E-state index in [1.54, 1.807) is 15.5 Å². The summed E-state index contributed by atoms with van der Waals surface area (Å²) in [7, 11) is 1.17. The molecule has 4 aromatic rings. The van der Waals surface area contributed by atoms with Crippen molar-refractivity contribution in [3.8, 4) is 17.0 Å². The summed E-state index contributed by atoms with van der Waals surface area (Å²) in [5, 5.41) is 10.1. The lowest BCUT2D eigenvalue weighted by molar-refractivity contribution is -0.0529. The first-order chi connectivity index (χ1) is 18.6. The maximum atomic E-state index is 14.5. The van der Waals surface area contributed by atoms with Crippen LogP contribution in [0.25, 0.3) is 22.4 Å². The van der Waals surface area contributed by atoms with Crippen molar-refractivity contribution in [2.24, 2.45) is 5.73 Å². The van der Waals surface area contributed by atoms with Crippen molar-refractivity contribution in [2.45, 2.75) is 37.5 Å². The van der Waals surface area contributed by atoms with Crippen LogP contribution >= 0.6 is 0 Å². The first-order valence-corrected chi connectivity index (χ1v) is 12.0. The molecular weight excluding hydrogens is 520 g/mol. The van der Waals surface area contributed by atoms with Gasteiger partial charge in [0.15, 0.2) is 28.8 Å². The molecule has 0 saturated carbocycles. The fourth-order valence-corrected chi connectivity index (χ4v) is 4.97. The van der Waals surface area contributed by atoms with Crippen molar-refractivity contribution in [3.05, 3.63) is 54.2 Å². The molecule has 0 amide bonds. The third kappa shape index (κ3) is 4.92. The van der Waals surface area contributed by atoms with E-state index in [-0.39, 0.29) is 36.6 Å². The Kier molecular flexibility index (Phi) is 6.99. The number of benzene rings is 1. The minimum atomic E-state index is -3.00. The molecule has 1 aliphatic rings. The van der Waals surface area contributed by atoms with E-state index in [0.717, 1.165) is 12.1 Å². The fraction of sp³-hybridized carbons (Fsp3) is 0.360. The number of aliphatic hydroxyl groups excluding tert-OH is 1. The van der Waals surface area contributed by atoms with Crippen LogP contribution in [0, 0.1) is 11.6 Å². The highest BCUT2D eigenvalue weighted by molar-refractivity contribution is 5.81. The summed E-state index contributed by atoms with van der Waals surface area (Å²) in [5.74, 6) is -2.10. The first-order valence-electron chi connectivity index (χ1n) is 12.0. The van der Waals surface area contributed by atoms with E-state index < -0.39 is 35.5 Å². The van der Waals surface area contributed by atoms with Gasteiger partial charge in [-0.15, -0.1) is 0 Å².